The van der Waals surface area contributed by atoms with Crippen molar-refractivity contribution >= 4 is 11.9 Å². The summed E-state index contributed by atoms with van der Waals surface area (Å²) in [6, 6.07) is 1.60. The summed E-state index contributed by atoms with van der Waals surface area (Å²) in [5.41, 5.74) is -0.248. The van der Waals surface area contributed by atoms with E-state index in [0.717, 1.165) is 19.4 Å². The van der Waals surface area contributed by atoms with E-state index in [9.17, 15) is 9.90 Å². The second kappa shape index (κ2) is 5.26. The van der Waals surface area contributed by atoms with E-state index >= 15 is 0 Å². The van der Waals surface area contributed by atoms with Crippen molar-refractivity contribution in [3.8, 4) is 0 Å². The summed E-state index contributed by atoms with van der Waals surface area (Å²) >= 11 is 0. The van der Waals surface area contributed by atoms with Crippen molar-refractivity contribution in [1.82, 2.24) is 15.3 Å². The number of aromatic nitrogens is 2. The first-order valence-electron chi connectivity index (χ1n) is 7.52. The highest BCUT2D eigenvalue weighted by atomic mass is 16.3. The second-order valence-corrected chi connectivity index (χ2v) is 6.53. The number of nitrogens with one attached hydrogen (secondary N) is 1. The number of nitrogens with zero attached hydrogens (tertiary/aromatic N) is 3. The number of carbonyl (C=O) groups is 1. The molecule has 2 fully saturated rings. The van der Waals surface area contributed by atoms with Gasteiger partial charge in [-0.05, 0) is 25.3 Å². The summed E-state index contributed by atoms with van der Waals surface area (Å²) in [5, 5.41) is 12.9. The Labute approximate surface area is 124 Å². The first-order chi connectivity index (χ1) is 10.00. The lowest BCUT2D eigenvalue weighted by Gasteiger charge is -2.49. The van der Waals surface area contributed by atoms with E-state index in [1.54, 1.807) is 18.5 Å². The molecule has 0 aromatic carbocycles. The smallest absolute Gasteiger partial charge is 0.243 e. The zero-order valence-corrected chi connectivity index (χ0v) is 12.5. The summed E-state index contributed by atoms with van der Waals surface area (Å²) in [5.74, 6) is 0.632. The van der Waals surface area contributed by atoms with Crippen molar-refractivity contribution in [1.29, 1.82) is 0 Å². The topological polar surface area (TPSA) is 78.4 Å². The Balaban J connectivity index is 1.67. The highest BCUT2D eigenvalue weighted by Crippen LogP contribution is 2.40. The molecule has 3 rings (SSSR count). The maximum absolute atomic E-state index is 12.5. The molecule has 3 atom stereocenters. The normalized spacial score (nSPS) is 30.8. The van der Waals surface area contributed by atoms with Crippen LogP contribution in [0.5, 0.6) is 0 Å². The molecule has 1 aromatic heterocycles. The predicted octanol–water partition coefficient (Wildman–Crippen LogP) is 0.721. The maximum Gasteiger partial charge on any atom is 0.243 e. The largest absolute Gasteiger partial charge is 0.392 e. The molecule has 114 valence electrons. The summed E-state index contributed by atoms with van der Waals surface area (Å²) in [6.45, 7) is 4.77. The first-order valence-corrected chi connectivity index (χ1v) is 7.52. The molecule has 2 heterocycles. The molecule has 0 bridgehead atoms. The van der Waals surface area contributed by atoms with Gasteiger partial charge in [0, 0.05) is 30.4 Å². The Kier molecular flexibility index (Phi) is 3.57. The van der Waals surface area contributed by atoms with Crippen LogP contribution in [0.2, 0.25) is 0 Å². The third-order valence-corrected chi connectivity index (χ3v) is 4.90. The molecule has 6 nitrogen and oxygen atoms in total. The van der Waals surface area contributed by atoms with Crippen molar-refractivity contribution in [2.75, 3.05) is 11.4 Å². The predicted molar refractivity (Wildman–Crippen MR) is 78.7 cm³/mol. The van der Waals surface area contributed by atoms with Gasteiger partial charge < -0.3 is 15.3 Å². The fraction of sp³-hybridized carbons (Fsp3) is 0.667. The van der Waals surface area contributed by atoms with Gasteiger partial charge in [0.25, 0.3) is 0 Å². The minimum atomic E-state index is -0.333. The van der Waals surface area contributed by atoms with E-state index in [-0.39, 0.29) is 29.5 Å². The van der Waals surface area contributed by atoms with Gasteiger partial charge >= 0.3 is 0 Å². The van der Waals surface area contributed by atoms with Crippen LogP contribution < -0.4 is 10.2 Å². The number of hydrogen-bond donors (Lipinski definition) is 2. The molecule has 1 saturated carbocycles. The highest BCUT2D eigenvalue weighted by Gasteiger charge is 2.48. The summed E-state index contributed by atoms with van der Waals surface area (Å²) in [7, 11) is 0. The number of amides is 1. The third kappa shape index (κ3) is 2.48. The summed E-state index contributed by atoms with van der Waals surface area (Å²) in [6.07, 6.45) is 5.47. The van der Waals surface area contributed by atoms with Crippen molar-refractivity contribution in [3.63, 3.8) is 0 Å². The van der Waals surface area contributed by atoms with Crippen LogP contribution in [0.4, 0.5) is 5.95 Å². The average molecular weight is 290 g/mol. The maximum atomic E-state index is 12.5. The lowest BCUT2D eigenvalue weighted by molar-refractivity contribution is -0.130. The minimum absolute atomic E-state index is 0.0185. The molecule has 1 aliphatic heterocycles. The molecule has 2 aliphatic rings. The second-order valence-electron chi connectivity index (χ2n) is 6.53. The van der Waals surface area contributed by atoms with Gasteiger partial charge in [0.05, 0.1) is 6.10 Å². The van der Waals surface area contributed by atoms with Gasteiger partial charge in [-0.2, -0.15) is 0 Å². The van der Waals surface area contributed by atoms with Crippen LogP contribution in [-0.2, 0) is 4.79 Å². The van der Waals surface area contributed by atoms with Crippen molar-refractivity contribution in [2.24, 2.45) is 5.41 Å². The number of aliphatic hydroxyl groups is 1. The number of hydrogen-bond acceptors (Lipinski definition) is 5. The minimum Gasteiger partial charge on any atom is -0.392 e. The Morgan fingerprint density at radius 3 is 2.76 bits per heavy atom. The van der Waals surface area contributed by atoms with Gasteiger partial charge in [0.15, 0.2) is 0 Å². The van der Waals surface area contributed by atoms with Crippen molar-refractivity contribution < 1.29 is 9.90 Å². The van der Waals surface area contributed by atoms with Crippen LogP contribution in [0, 0.1) is 5.41 Å². The van der Waals surface area contributed by atoms with E-state index in [0.29, 0.717) is 12.4 Å². The van der Waals surface area contributed by atoms with E-state index in [1.165, 1.54) is 0 Å². The molecule has 0 radical (unpaired) electrons. The van der Waals surface area contributed by atoms with Gasteiger partial charge in [0.1, 0.15) is 6.04 Å². The Bertz CT molecular complexity index is 520. The summed E-state index contributed by atoms with van der Waals surface area (Å²) < 4.78 is 0. The van der Waals surface area contributed by atoms with E-state index in [4.69, 9.17) is 0 Å². The molecular weight excluding hydrogens is 268 g/mol. The lowest BCUT2D eigenvalue weighted by atomic mass is 9.64. The molecule has 1 aliphatic carbocycles. The van der Waals surface area contributed by atoms with Crippen LogP contribution in [0.15, 0.2) is 18.5 Å². The average Bonchev–Trinajstić information content (AvgIpc) is 2.97. The molecule has 1 aromatic rings. The van der Waals surface area contributed by atoms with Crippen LogP contribution in [0.25, 0.3) is 0 Å². The number of carbonyl (C=O) groups excluding carboxylic acids is 1. The SMILES string of the molecule is CC1(C)C(O)CC1NC(=O)C1CCCN1c1ncccn1. The monoisotopic (exact) mass is 290 g/mol. The van der Waals surface area contributed by atoms with E-state index < -0.39 is 0 Å². The Hall–Kier alpha value is -1.69. The Morgan fingerprint density at radius 1 is 1.43 bits per heavy atom. The fourth-order valence-corrected chi connectivity index (χ4v) is 3.13. The van der Waals surface area contributed by atoms with Gasteiger partial charge in [-0.25, -0.2) is 9.97 Å². The third-order valence-electron chi connectivity index (χ3n) is 4.90. The number of aliphatic hydroxyl groups excluding tert-OH is 1. The van der Waals surface area contributed by atoms with Crippen molar-refractivity contribution in [3.05, 3.63) is 18.5 Å². The molecule has 3 unspecified atom stereocenters. The lowest BCUT2D eigenvalue weighted by Crippen LogP contribution is -2.63. The first kappa shape index (κ1) is 14.3. The van der Waals surface area contributed by atoms with Crippen LogP contribution in [0.3, 0.4) is 0 Å². The van der Waals surface area contributed by atoms with Crippen molar-refractivity contribution in [2.45, 2.75) is 51.3 Å². The summed E-state index contributed by atoms with van der Waals surface area (Å²) in [4.78, 5) is 23.0. The zero-order valence-electron chi connectivity index (χ0n) is 12.5. The molecule has 1 saturated heterocycles. The van der Waals surface area contributed by atoms with E-state index in [1.807, 2.05) is 18.7 Å². The van der Waals surface area contributed by atoms with Crippen LogP contribution in [-0.4, -0.2) is 45.7 Å². The molecule has 2 N–H and O–H groups in total. The van der Waals surface area contributed by atoms with Gasteiger partial charge in [-0.3, -0.25) is 4.79 Å². The van der Waals surface area contributed by atoms with Crippen LogP contribution in [0.1, 0.15) is 33.1 Å². The molecule has 1 amide bonds. The standard InChI is InChI=1S/C15H22N4O2/c1-15(2)11(9-12(15)20)18-13(21)10-5-3-8-19(10)14-16-6-4-7-17-14/h4,6-7,10-12,20H,3,5,8-9H2,1-2H3,(H,18,21). The van der Waals surface area contributed by atoms with Gasteiger partial charge in [-0.15, -0.1) is 0 Å². The molecule has 21 heavy (non-hydrogen) atoms. The number of anilines is 1. The number of rotatable bonds is 3. The molecular formula is C15H22N4O2. The zero-order chi connectivity index (χ0) is 15.0. The van der Waals surface area contributed by atoms with Gasteiger partial charge in [0.2, 0.25) is 11.9 Å². The highest BCUT2D eigenvalue weighted by molar-refractivity contribution is 5.85. The van der Waals surface area contributed by atoms with Crippen LogP contribution >= 0.6 is 0 Å². The quantitative estimate of drug-likeness (QED) is 0.857. The Morgan fingerprint density at radius 2 is 2.14 bits per heavy atom. The van der Waals surface area contributed by atoms with Gasteiger partial charge in [-0.1, -0.05) is 13.8 Å². The molecule has 0 spiro atoms. The van der Waals surface area contributed by atoms with E-state index in [2.05, 4.69) is 15.3 Å². The molecule has 6 heteroatoms. The fourth-order valence-electron chi connectivity index (χ4n) is 3.13.